The van der Waals surface area contributed by atoms with Gasteiger partial charge in [0.2, 0.25) is 15.9 Å². The van der Waals surface area contributed by atoms with E-state index in [0.717, 1.165) is 34.9 Å². The van der Waals surface area contributed by atoms with E-state index in [1.165, 1.54) is 33.5 Å². The molecule has 1 fully saturated rings. The highest BCUT2D eigenvalue weighted by atomic mass is 79.9. The van der Waals surface area contributed by atoms with E-state index in [1.807, 2.05) is 48.5 Å². The van der Waals surface area contributed by atoms with Crippen molar-refractivity contribution in [2.24, 2.45) is 0 Å². The molecule has 9 heteroatoms. The van der Waals surface area contributed by atoms with Gasteiger partial charge in [-0.05, 0) is 60.9 Å². The summed E-state index contributed by atoms with van der Waals surface area (Å²) in [6.07, 6.45) is 2.74. The lowest BCUT2D eigenvalue weighted by atomic mass is 9.95. The Balaban J connectivity index is 1.52. The Morgan fingerprint density at radius 3 is 2.31 bits per heavy atom. The van der Waals surface area contributed by atoms with Gasteiger partial charge in [-0.1, -0.05) is 52.7 Å². The van der Waals surface area contributed by atoms with E-state index in [2.05, 4.69) is 21.2 Å². The van der Waals surface area contributed by atoms with Crippen LogP contribution in [0.1, 0.15) is 46.8 Å². The van der Waals surface area contributed by atoms with Gasteiger partial charge in [-0.25, -0.2) is 8.42 Å². The number of rotatable bonds is 4. The number of halogens is 1. The second kappa shape index (κ2) is 10.2. The smallest absolute Gasteiger partial charge is 0.255 e. The minimum atomic E-state index is -3.60. The first-order valence-corrected chi connectivity index (χ1v) is 14.1. The van der Waals surface area contributed by atoms with Crippen LogP contribution in [0.2, 0.25) is 0 Å². The molecule has 0 bridgehead atoms. The zero-order valence-electron chi connectivity index (χ0n) is 19.6. The third-order valence-electron chi connectivity index (χ3n) is 6.64. The van der Waals surface area contributed by atoms with E-state index >= 15 is 0 Å². The molecule has 186 valence electrons. The maximum Gasteiger partial charge on any atom is 0.255 e. The quantitative estimate of drug-likeness (QED) is 0.490. The first kappa shape index (κ1) is 24.7. The standard InChI is InChI=1S/C27H26BrN3O4S/c28-21-11-14-24-23(17-21)26(19-7-3-1-4-8-19)31(18-25(32)29-24)27(33)20-9-12-22(13-10-20)36(34,35)30-15-5-2-6-16-30/h1,3-4,7-14,17,26H,2,5-6,15-16,18H2,(H,29,32)/t26-/m1/s1. The number of nitrogens with one attached hydrogen (secondary N) is 1. The van der Waals surface area contributed by atoms with Crippen LogP contribution in [0.15, 0.2) is 82.2 Å². The van der Waals surface area contributed by atoms with Crippen molar-refractivity contribution in [1.29, 1.82) is 0 Å². The lowest BCUT2D eigenvalue weighted by molar-refractivity contribution is -0.117. The fraction of sp³-hybridized carbons (Fsp3) is 0.259. The number of benzene rings is 3. The van der Waals surface area contributed by atoms with Crippen LogP contribution in [0, 0.1) is 0 Å². The number of fused-ring (bicyclic) bond motifs is 1. The van der Waals surface area contributed by atoms with Gasteiger partial charge in [-0.2, -0.15) is 4.31 Å². The molecule has 0 saturated carbocycles. The van der Waals surface area contributed by atoms with Gasteiger partial charge in [0.25, 0.3) is 5.91 Å². The van der Waals surface area contributed by atoms with Gasteiger partial charge in [0, 0.05) is 34.4 Å². The number of sulfonamides is 1. The Labute approximate surface area is 219 Å². The fourth-order valence-electron chi connectivity index (χ4n) is 4.85. The van der Waals surface area contributed by atoms with Gasteiger partial charge in [-0.15, -0.1) is 0 Å². The number of hydrogen-bond acceptors (Lipinski definition) is 4. The fourth-order valence-corrected chi connectivity index (χ4v) is 6.75. The van der Waals surface area contributed by atoms with Crippen LogP contribution in [-0.4, -0.2) is 49.1 Å². The van der Waals surface area contributed by atoms with Gasteiger partial charge in [0.1, 0.15) is 6.54 Å². The summed E-state index contributed by atoms with van der Waals surface area (Å²) in [5.41, 5.74) is 2.63. The molecule has 7 nitrogen and oxygen atoms in total. The molecule has 2 aliphatic rings. The highest BCUT2D eigenvalue weighted by Gasteiger charge is 2.34. The molecule has 2 aliphatic heterocycles. The molecule has 5 rings (SSSR count). The van der Waals surface area contributed by atoms with Crippen molar-refractivity contribution in [3.8, 4) is 0 Å². The molecular weight excluding hydrogens is 542 g/mol. The molecule has 2 heterocycles. The Hall–Kier alpha value is -3.01. The number of nitrogens with zero attached hydrogens (tertiary/aromatic N) is 2. The number of hydrogen-bond donors (Lipinski definition) is 1. The third kappa shape index (κ3) is 4.83. The topological polar surface area (TPSA) is 86.8 Å². The van der Waals surface area contributed by atoms with Crippen molar-refractivity contribution < 1.29 is 18.0 Å². The summed E-state index contributed by atoms with van der Waals surface area (Å²) < 4.78 is 28.4. The highest BCUT2D eigenvalue weighted by molar-refractivity contribution is 9.10. The Kier molecular flexibility index (Phi) is 6.96. The van der Waals surface area contributed by atoms with E-state index in [1.54, 1.807) is 0 Å². The van der Waals surface area contributed by atoms with E-state index in [4.69, 9.17) is 0 Å². The summed E-state index contributed by atoms with van der Waals surface area (Å²) >= 11 is 3.52. The van der Waals surface area contributed by atoms with E-state index in [0.29, 0.717) is 24.3 Å². The number of carbonyl (C=O) groups excluding carboxylic acids is 2. The molecule has 0 spiro atoms. The van der Waals surface area contributed by atoms with Crippen LogP contribution < -0.4 is 5.32 Å². The summed E-state index contributed by atoms with van der Waals surface area (Å²) in [7, 11) is -3.60. The van der Waals surface area contributed by atoms with Crippen molar-refractivity contribution in [3.05, 3.63) is 94.0 Å². The van der Waals surface area contributed by atoms with Crippen LogP contribution in [0.5, 0.6) is 0 Å². The van der Waals surface area contributed by atoms with Crippen LogP contribution >= 0.6 is 15.9 Å². The average molecular weight is 568 g/mol. The summed E-state index contributed by atoms with van der Waals surface area (Å²) in [4.78, 5) is 28.3. The Morgan fingerprint density at radius 1 is 0.917 bits per heavy atom. The van der Waals surface area contributed by atoms with Gasteiger partial charge >= 0.3 is 0 Å². The second-order valence-electron chi connectivity index (χ2n) is 9.02. The van der Waals surface area contributed by atoms with Crippen LogP contribution in [0.4, 0.5) is 5.69 Å². The minimum absolute atomic E-state index is 0.140. The molecule has 0 aromatic heterocycles. The van der Waals surface area contributed by atoms with Crippen molar-refractivity contribution in [2.75, 3.05) is 25.0 Å². The molecule has 1 N–H and O–H groups in total. The predicted octanol–water partition coefficient (Wildman–Crippen LogP) is 4.81. The Morgan fingerprint density at radius 2 is 1.61 bits per heavy atom. The molecule has 1 atom stereocenters. The maximum atomic E-state index is 13.8. The molecule has 3 aromatic carbocycles. The zero-order chi connectivity index (χ0) is 25.3. The summed E-state index contributed by atoms with van der Waals surface area (Å²) in [6.45, 7) is 0.887. The normalized spacial score (nSPS) is 18.8. The van der Waals surface area contributed by atoms with E-state index in [-0.39, 0.29) is 23.3 Å². The Bertz CT molecular complexity index is 1390. The van der Waals surface area contributed by atoms with Crippen LogP contribution in [-0.2, 0) is 14.8 Å². The summed E-state index contributed by atoms with van der Waals surface area (Å²) in [6, 6.07) is 20.7. The van der Waals surface area contributed by atoms with Crippen molar-refractivity contribution in [2.45, 2.75) is 30.2 Å². The lowest BCUT2D eigenvalue weighted by Gasteiger charge is -2.31. The largest absolute Gasteiger partial charge is 0.324 e. The molecular formula is C27H26BrN3O4S. The zero-order valence-corrected chi connectivity index (χ0v) is 22.0. The molecule has 0 aliphatic carbocycles. The third-order valence-corrected chi connectivity index (χ3v) is 9.04. The average Bonchev–Trinajstić information content (AvgIpc) is 3.05. The van der Waals surface area contributed by atoms with Crippen molar-refractivity contribution in [3.63, 3.8) is 0 Å². The van der Waals surface area contributed by atoms with Crippen molar-refractivity contribution in [1.82, 2.24) is 9.21 Å². The maximum absolute atomic E-state index is 13.8. The first-order valence-electron chi connectivity index (χ1n) is 11.9. The van der Waals surface area contributed by atoms with E-state index < -0.39 is 16.1 Å². The van der Waals surface area contributed by atoms with Gasteiger partial charge in [0.05, 0.1) is 10.9 Å². The minimum Gasteiger partial charge on any atom is -0.324 e. The lowest BCUT2D eigenvalue weighted by Crippen LogP contribution is -2.39. The van der Waals surface area contributed by atoms with Crippen LogP contribution in [0.25, 0.3) is 0 Å². The SMILES string of the molecule is O=C1CN(C(=O)c2ccc(S(=O)(=O)N3CCCCC3)cc2)[C@H](c2ccccc2)c2cc(Br)ccc2N1. The summed E-state index contributed by atoms with van der Waals surface area (Å²) in [5.74, 6) is -0.650. The number of piperidine rings is 1. The first-order chi connectivity index (χ1) is 17.3. The predicted molar refractivity (Wildman–Crippen MR) is 141 cm³/mol. The van der Waals surface area contributed by atoms with Gasteiger partial charge < -0.3 is 10.2 Å². The summed E-state index contributed by atoms with van der Waals surface area (Å²) in [5, 5.41) is 2.91. The monoisotopic (exact) mass is 567 g/mol. The highest BCUT2D eigenvalue weighted by Crippen LogP contribution is 2.38. The van der Waals surface area contributed by atoms with Crippen molar-refractivity contribution >= 4 is 43.5 Å². The number of amides is 2. The number of carbonyl (C=O) groups is 2. The van der Waals surface area contributed by atoms with Gasteiger partial charge in [0.15, 0.2) is 0 Å². The molecule has 1 saturated heterocycles. The molecule has 3 aromatic rings. The molecule has 0 unspecified atom stereocenters. The molecule has 36 heavy (non-hydrogen) atoms. The van der Waals surface area contributed by atoms with Crippen LogP contribution in [0.3, 0.4) is 0 Å². The molecule has 0 radical (unpaired) electrons. The van der Waals surface area contributed by atoms with Gasteiger partial charge in [-0.3, -0.25) is 9.59 Å². The van der Waals surface area contributed by atoms with E-state index in [9.17, 15) is 18.0 Å². The number of anilines is 1. The molecule has 2 amide bonds. The second-order valence-corrected chi connectivity index (χ2v) is 11.9.